The van der Waals surface area contributed by atoms with E-state index in [0.717, 1.165) is 23.5 Å². The lowest BCUT2D eigenvalue weighted by Crippen LogP contribution is -2.16. The van der Waals surface area contributed by atoms with Gasteiger partial charge in [-0.3, -0.25) is 9.67 Å². The molecule has 1 aliphatic rings. The first-order chi connectivity index (χ1) is 9.63. The van der Waals surface area contributed by atoms with Crippen molar-refractivity contribution < 1.29 is 4.39 Å². The summed E-state index contributed by atoms with van der Waals surface area (Å²) in [7, 11) is 0. The third-order valence-electron chi connectivity index (χ3n) is 3.77. The van der Waals surface area contributed by atoms with Crippen LogP contribution in [0.3, 0.4) is 0 Å². The van der Waals surface area contributed by atoms with E-state index in [-0.39, 0.29) is 5.82 Å². The number of pyridine rings is 1. The van der Waals surface area contributed by atoms with E-state index >= 15 is 0 Å². The summed E-state index contributed by atoms with van der Waals surface area (Å²) < 4.78 is 15.1. The van der Waals surface area contributed by atoms with E-state index in [4.69, 9.17) is 0 Å². The fourth-order valence-corrected chi connectivity index (χ4v) is 2.39. The molecule has 1 aliphatic carbocycles. The molecule has 0 amide bonds. The van der Waals surface area contributed by atoms with Gasteiger partial charge in [-0.05, 0) is 38.3 Å². The highest BCUT2D eigenvalue weighted by Gasteiger charge is 2.21. The normalized spacial score (nSPS) is 14.8. The first-order valence-electron chi connectivity index (χ1n) is 6.99. The van der Waals surface area contributed by atoms with Crippen molar-refractivity contribution in [1.29, 1.82) is 0 Å². The van der Waals surface area contributed by atoms with Crippen molar-refractivity contribution in [2.45, 2.75) is 45.8 Å². The molecule has 1 N–H and O–H groups in total. The molecule has 20 heavy (non-hydrogen) atoms. The van der Waals surface area contributed by atoms with Crippen LogP contribution in [0, 0.1) is 19.7 Å². The molecule has 5 heteroatoms. The number of nitrogens with one attached hydrogen (secondary N) is 1. The number of rotatable bonds is 5. The van der Waals surface area contributed by atoms with Crippen LogP contribution >= 0.6 is 0 Å². The van der Waals surface area contributed by atoms with Gasteiger partial charge >= 0.3 is 0 Å². The summed E-state index contributed by atoms with van der Waals surface area (Å²) in [6.07, 6.45) is 5.46. The Morgan fingerprint density at radius 1 is 1.35 bits per heavy atom. The minimum Gasteiger partial charge on any atom is -0.310 e. The quantitative estimate of drug-likeness (QED) is 0.910. The number of hydrogen-bond acceptors (Lipinski definition) is 3. The van der Waals surface area contributed by atoms with E-state index in [1.54, 1.807) is 6.20 Å². The Bertz CT molecular complexity index is 616. The molecule has 2 aromatic rings. The van der Waals surface area contributed by atoms with Gasteiger partial charge in [0.2, 0.25) is 0 Å². The van der Waals surface area contributed by atoms with Crippen molar-refractivity contribution in [3.8, 4) is 0 Å². The first kappa shape index (κ1) is 13.2. The molecule has 106 valence electrons. The lowest BCUT2D eigenvalue weighted by Gasteiger charge is -2.06. The van der Waals surface area contributed by atoms with Gasteiger partial charge in [0.25, 0.3) is 0 Å². The van der Waals surface area contributed by atoms with Crippen molar-refractivity contribution in [3.63, 3.8) is 0 Å². The van der Waals surface area contributed by atoms with Crippen LogP contribution in [0.25, 0.3) is 0 Å². The predicted octanol–water partition coefficient (Wildman–Crippen LogP) is 2.33. The Kier molecular flexibility index (Phi) is 3.53. The van der Waals surface area contributed by atoms with Gasteiger partial charge in [0.15, 0.2) is 0 Å². The summed E-state index contributed by atoms with van der Waals surface area (Å²) in [6.45, 7) is 5.51. The van der Waals surface area contributed by atoms with Gasteiger partial charge in [0.1, 0.15) is 5.82 Å². The lowest BCUT2D eigenvalue weighted by atomic mass is 10.2. The Balaban J connectivity index is 1.77. The second-order valence-corrected chi connectivity index (χ2v) is 5.47. The van der Waals surface area contributed by atoms with Gasteiger partial charge in [0, 0.05) is 30.0 Å². The van der Waals surface area contributed by atoms with E-state index in [9.17, 15) is 4.39 Å². The predicted molar refractivity (Wildman–Crippen MR) is 74.9 cm³/mol. The fraction of sp³-hybridized carbons (Fsp3) is 0.467. The average molecular weight is 274 g/mol. The van der Waals surface area contributed by atoms with Crippen molar-refractivity contribution in [2.75, 3.05) is 0 Å². The summed E-state index contributed by atoms with van der Waals surface area (Å²) in [6, 6.07) is 2.19. The molecule has 2 aromatic heterocycles. The molecule has 0 bridgehead atoms. The summed E-state index contributed by atoms with van der Waals surface area (Å²) in [4.78, 5) is 3.88. The third-order valence-corrected chi connectivity index (χ3v) is 3.77. The topological polar surface area (TPSA) is 42.7 Å². The Morgan fingerprint density at radius 3 is 2.85 bits per heavy atom. The monoisotopic (exact) mass is 274 g/mol. The van der Waals surface area contributed by atoms with Gasteiger partial charge in [-0.2, -0.15) is 5.10 Å². The second kappa shape index (κ2) is 5.32. The molecule has 0 spiro atoms. The van der Waals surface area contributed by atoms with Crippen LogP contribution in [0.15, 0.2) is 18.5 Å². The molecule has 4 nitrogen and oxygen atoms in total. The van der Waals surface area contributed by atoms with Crippen LogP contribution in [0.1, 0.15) is 35.4 Å². The Hall–Kier alpha value is -1.75. The minimum absolute atomic E-state index is 0.306. The average Bonchev–Trinajstić information content (AvgIpc) is 3.18. The van der Waals surface area contributed by atoms with Crippen LogP contribution in [-0.4, -0.2) is 20.8 Å². The van der Waals surface area contributed by atoms with Crippen LogP contribution in [0.4, 0.5) is 4.39 Å². The summed E-state index contributed by atoms with van der Waals surface area (Å²) in [5.41, 5.74) is 4.26. The van der Waals surface area contributed by atoms with E-state index in [2.05, 4.69) is 22.3 Å². The van der Waals surface area contributed by atoms with Gasteiger partial charge in [0.05, 0.1) is 18.4 Å². The molecule has 1 fully saturated rings. The van der Waals surface area contributed by atoms with Crippen LogP contribution < -0.4 is 5.32 Å². The van der Waals surface area contributed by atoms with E-state index in [1.807, 2.05) is 11.6 Å². The standard InChI is InChI=1S/C15H19FN4/c1-10-15(8-18-14-3-4-14)11(2)20(19-10)9-12-5-13(16)7-17-6-12/h5-7,14,18H,3-4,8-9H2,1-2H3. The molecule has 0 unspecified atom stereocenters. The minimum atomic E-state index is -0.306. The number of aromatic nitrogens is 3. The highest BCUT2D eigenvalue weighted by Crippen LogP contribution is 2.21. The number of nitrogens with zero attached hydrogens (tertiary/aromatic N) is 3. The maximum absolute atomic E-state index is 13.2. The second-order valence-electron chi connectivity index (χ2n) is 5.47. The van der Waals surface area contributed by atoms with E-state index < -0.39 is 0 Å². The number of aryl methyl sites for hydroxylation is 1. The van der Waals surface area contributed by atoms with Crippen molar-refractivity contribution in [2.24, 2.45) is 0 Å². The summed E-state index contributed by atoms with van der Waals surface area (Å²) in [5.74, 6) is -0.306. The first-order valence-corrected chi connectivity index (χ1v) is 6.99. The molecule has 0 aromatic carbocycles. The Morgan fingerprint density at radius 2 is 2.15 bits per heavy atom. The molecular weight excluding hydrogens is 255 g/mol. The lowest BCUT2D eigenvalue weighted by molar-refractivity contribution is 0.607. The zero-order valence-corrected chi connectivity index (χ0v) is 11.9. The maximum atomic E-state index is 13.2. The third kappa shape index (κ3) is 2.88. The van der Waals surface area contributed by atoms with Crippen molar-refractivity contribution in [3.05, 3.63) is 46.8 Å². The molecule has 1 saturated carbocycles. The SMILES string of the molecule is Cc1nn(Cc2cncc(F)c2)c(C)c1CNC1CC1. The highest BCUT2D eigenvalue weighted by molar-refractivity contribution is 5.25. The van der Waals surface area contributed by atoms with Gasteiger partial charge in [-0.25, -0.2) is 4.39 Å². The van der Waals surface area contributed by atoms with Crippen molar-refractivity contribution in [1.82, 2.24) is 20.1 Å². The van der Waals surface area contributed by atoms with Gasteiger partial charge in [-0.15, -0.1) is 0 Å². The van der Waals surface area contributed by atoms with Gasteiger partial charge in [-0.1, -0.05) is 0 Å². The smallest absolute Gasteiger partial charge is 0.141 e. The van der Waals surface area contributed by atoms with Gasteiger partial charge < -0.3 is 5.32 Å². The number of hydrogen-bond donors (Lipinski definition) is 1. The number of halogens is 1. The molecule has 2 heterocycles. The largest absolute Gasteiger partial charge is 0.310 e. The fourth-order valence-electron chi connectivity index (χ4n) is 2.39. The van der Waals surface area contributed by atoms with E-state index in [0.29, 0.717) is 12.6 Å². The van der Waals surface area contributed by atoms with Crippen molar-refractivity contribution >= 4 is 0 Å². The zero-order valence-electron chi connectivity index (χ0n) is 11.9. The highest BCUT2D eigenvalue weighted by atomic mass is 19.1. The van der Waals surface area contributed by atoms with Crippen LogP contribution in [0.5, 0.6) is 0 Å². The van der Waals surface area contributed by atoms with E-state index in [1.165, 1.54) is 30.7 Å². The molecule has 3 rings (SSSR count). The maximum Gasteiger partial charge on any atom is 0.141 e. The molecule has 0 atom stereocenters. The molecular formula is C15H19FN4. The zero-order chi connectivity index (χ0) is 14.1. The molecule has 0 radical (unpaired) electrons. The van der Waals surface area contributed by atoms with Crippen LogP contribution in [0.2, 0.25) is 0 Å². The Labute approximate surface area is 118 Å². The molecule has 0 saturated heterocycles. The summed E-state index contributed by atoms with van der Waals surface area (Å²) >= 11 is 0. The molecule has 0 aliphatic heterocycles. The summed E-state index contributed by atoms with van der Waals surface area (Å²) in [5, 5.41) is 8.08. The van der Waals surface area contributed by atoms with Crippen LogP contribution in [-0.2, 0) is 13.1 Å².